The van der Waals surface area contributed by atoms with E-state index >= 15 is 0 Å². The fourth-order valence-electron chi connectivity index (χ4n) is 1.51. The van der Waals surface area contributed by atoms with Gasteiger partial charge in [-0.25, -0.2) is 8.42 Å². The third-order valence-electron chi connectivity index (χ3n) is 2.42. The molecule has 0 spiro atoms. The van der Waals surface area contributed by atoms with E-state index in [9.17, 15) is 17.2 Å². The molecule has 1 rings (SSSR count). The van der Waals surface area contributed by atoms with Crippen molar-refractivity contribution >= 4 is 9.84 Å². The van der Waals surface area contributed by atoms with Crippen LogP contribution in [0.4, 0.5) is 8.78 Å². The van der Waals surface area contributed by atoms with Crippen molar-refractivity contribution in [2.24, 2.45) is 0 Å². The molecule has 0 radical (unpaired) electrons. The Morgan fingerprint density at radius 3 is 2.55 bits per heavy atom. The molecular formula is C12H17F2NO4S. The standard InChI is InChI=1S/C12H17F2NO4S/c1-18-10-4-3-9(7-11(10)19-12(13)14)8-15-5-6-20(2,16)17/h3-4,7,12,15H,5-6,8H2,1-2H3. The van der Waals surface area contributed by atoms with E-state index in [0.717, 1.165) is 6.26 Å². The largest absolute Gasteiger partial charge is 0.493 e. The van der Waals surface area contributed by atoms with Crippen molar-refractivity contribution in [3.8, 4) is 11.5 Å². The molecule has 0 atom stereocenters. The lowest BCUT2D eigenvalue weighted by molar-refractivity contribution is -0.0512. The fourth-order valence-corrected chi connectivity index (χ4v) is 2.02. The quantitative estimate of drug-likeness (QED) is 0.736. The summed E-state index contributed by atoms with van der Waals surface area (Å²) in [7, 11) is -1.66. The molecule has 0 aliphatic carbocycles. The molecule has 0 amide bonds. The van der Waals surface area contributed by atoms with Crippen molar-refractivity contribution in [3.63, 3.8) is 0 Å². The SMILES string of the molecule is COc1ccc(CNCCS(C)(=O)=O)cc1OC(F)F. The first kappa shape index (κ1) is 16.6. The summed E-state index contributed by atoms with van der Waals surface area (Å²) in [5.74, 6) is 0.180. The topological polar surface area (TPSA) is 64.6 Å². The number of alkyl halides is 2. The van der Waals surface area contributed by atoms with Crippen LogP contribution in [0.1, 0.15) is 5.56 Å². The Morgan fingerprint density at radius 1 is 1.30 bits per heavy atom. The molecule has 8 heteroatoms. The van der Waals surface area contributed by atoms with E-state index in [4.69, 9.17) is 4.74 Å². The average molecular weight is 309 g/mol. The van der Waals surface area contributed by atoms with Crippen LogP contribution in [0.15, 0.2) is 18.2 Å². The highest BCUT2D eigenvalue weighted by atomic mass is 32.2. The van der Waals surface area contributed by atoms with Crippen LogP contribution in [0.2, 0.25) is 0 Å². The van der Waals surface area contributed by atoms with Crippen molar-refractivity contribution in [1.82, 2.24) is 5.32 Å². The minimum Gasteiger partial charge on any atom is -0.493 e. The van der Waals surface area contributed by atoms with Crippen LogP contribution in [0, 0.1) is 0 Å². The smallest absolute Gasteiger partial charge is 0.387 e. The lowest BCUT2D eigenvalue weighted by atomic mass is 10.2. The number of sulfone groups is 1. The van der Waals surface area contributed by atoms with Crippen LogP contribution in [-0.4, -0.2) is 40.7 Å². The molecule has 1 aromatic carbocycles. The molecule has 1 aromatic rings. The molecule has 5 nitrogen and oxygen atoms in total. The second-order valence-corrected chi connectivity index (χ2v) is 6.43. The van der Waals surface area contributed by atoms with Crippen LogP contribution in [0.3, 0.4) is 0 Å². The van der Waals surface area contributed by atoms with Gasteiger partial charge in [-0.3, -0.25) is 0 Å². The maximum atomic E-state index is 12.2. The molecular weight excluding hydrogens is 292 g/mol. The third kappa shape index (κ3) is 6.16. The Balaban J connectivity index is 2.62. The number of methoxy groups -OCH3 is 1. The van der Waals surface area contributed by atoms with E-state index in [2.05, 4.69) is 10.1 Å². The van der Waals surface area contributed by atoms with Crippen LogP contribution in [-0.2, 0) is 16.4 Å². The summed E-state index contributed by atoms with van der Waals surface area (Å²) in [6, 6.07) is 4.63. The monoisotopic (exact) mass is 309 g/mol. The second-order valence-electron chi connectivity index (χ2n) is 4.17. The summed E-state index contributed by atoms with van der Waals surface area (Å²) in [5.41, 5.74) is 0.690. The Hall–Kier alpha value is -1.41. The molecule has 114 valence electrons. The maximum absolute atomic E-state index is 12.2. The van der Waals surface area contributed by atoms with Crippen molar-refractivity contribution < 1.29 is 26.7 Å². The minimum absolute atomic E-state index is 0.0174. The number of ether oxygens (including phenoxy) is 2. The Kier molecular flexibility index (Phi) is 6.15. The van der Waals surface area contributed by atoms with E-state index in [-0.39, 0.29) is 23.8 Å². The molecule has 1 N–H and O–H groups in total. The van der Waals surface area contributed by atoms with Crippen molar-refractivity contribution in [2.75, 3.05) is 25.7 Å². The van der Waals surface area contributed by atoms with E-state index in [1.807, 2.05) is 0 Å². The first-order valence-corrected chi connectivity index (χ1v) is 7.88. The second kappa shape index (κ2) is 7.39. The van der Waals surface area contributed by atoms with Crippen LogP contribution >= 0.6 is 0 Å². The van der Waals surface area contributed by atoms with Crippen molar-refractivity contribution in [2.45, 2.75) is 13.2 Å². The van der Waals surface area contributed by atoms with Gasteiger partial charge in [0.1, 0.15) is 9.84 Å². The van der Waals surface area contributed by atoms with Gasteiger partial charge >= 0.3 is 6.61 Å². The van der Waals surface area contributed by atoms with Gasteiger partial charge in [0.2, 0.25) is 0 Å². The molecule has 0 bridgehead atoms. The normalized spacial score (nSPS) is 11.7. The molecule has 0 aliphatic heterocycles. The highest BCUT2D eigenvalue weighted by Gasteiger charge is 2.11. The molecule has 0 unspecified atom stereocenters. The Bertz CT molecular complexity index is 534. The minimum atomic E-state index is -3.02. The molecule has 0 aliphatic rings. The molecule has 0 saturated heterocycles. The fraction of sp³-hybridized carbons (Fsp3) is 0.500. The number of hydrogen-bond donors (Lipinski definition) is 1. The van der Waals surface area contributed by atoms with E-state index in [1.165, 1.54) is 19.2 Å². The average Bonchev–Trinajstić information content (AvgIpc) is 2.33. The van der Waals surface area contributed by atoms with Gasteiger partial charge in [-0.15, -0.1) is 0 Å². The number of hydrogen-bond acceptors (Lipinski definition) is 5. The molecule has 0 saturated carbocycles. The summed E-state index contributed by atoms with van der Waals surface area (Å²) < 4.78 is 55.6. The van der Waals surface area contributed by atoms with Crippen molar-refractivity contribution in [1.29, 1.82) is 0 Å². The first-order valence-electron chi connectivity index (χ1n) is 5.82. The van der Waals surface area contributed by atoms with Gasteiger partial charge in [0.05, 0.1) is 12.9 Å². The van der Waals surface area contributed by atoms with Gasteiger partial charge in [-0.1, -0.05) is 6.07 Å². The highest BCUT2D eigenvalue weighted by Crippen LogP contribution is 2.29. The maximum Gasteiger partial charge on any atom is 0.387 e. The predicted octanol–water partition coefficient (Wildman–Crippen LogP) is 1.43. The van der Waals surface area contributed by atoms with Gasteiger partial charge in [0.25, 0.3) is 0 Å². The zero-order chi connectivity index (χ0) is 15.2. The molecule has 0 aromatic heterocycles. The van der Waals surface area contributed by atoms with Crippen LogP contribution in [0.5, 0.6) is 11.5 Å². The molecule has 0 heterocycles. The number of nitrogens with one attached hydrogen (secondary N) is 1. The van der Waals surface area contributed by atoms with Crippen LogP contribution < -0.4 is 14.8 Å². The number of rotatable bonds is 8. The lowest BCUT2D eigenvalue weighted by Crippen LogP contribution is -2.22. The zero-order valence-corrected chi connectivity index (χ0v) is 12.0. The van der Waals surface area contributed by atoms with Gasteiger partial charge < -0.3 is 14.8 Å². The zero-order valence-electron chi connectivity index (χ0n) is 11.2. The van der Waals surface area contributed by atoms with E-state index in [0.29, 0.717) is 12.1 Å². The van der Waals surface area contributed by atoms with Gasteiger partial charge in [-0.2, -0.15) is 8.78 Å². The number of halogens is 2. The summed E-state index contributed by atoms with van der Waals surface area (Å²) in [6.45, 7) is -2.30. The molecule has 20 heavy (non-hydrogen) atoms. The van der Waals surface area contributed by atoms with E-state index < -0.39 is 16.4 Å². The summed E-state index contributed by atoms with van der Waals surface area (Å²) in [5, 5.41) is 2.91. The first-order chi connectivity index (χ1) is 9.31. The Morgan fingerprint density at radius 2 is 2.00 bits per heavy atom. The Labute approximate surface area is 116 Å². The van der Waals surface area contributed by atoms with E-state index in [1.54, 1.807) is 6.07 Å². The third-order valence-corrected chi connectivity index (χ3v) is 3.37. The van der Waals surface area contributed by atoms with Gasteiger partial charge in [-0.05, 0) is 17.7 Å². The van der Waals surface area contributed by atoms with Gasteiger partial charge in [0.15, 0.2) is 11.5 Å². The number of benzene rings is 1. The summed E-state index contributed by atoms with van der Waals surface area (Å²) in [6.07, 6.45) is 1.15. The summed E-state index contributed by atoms with van der Waals surface area (Å²) in [4.78, 5) is 0. The molecule has 0 fully saturated rings. The lowest BCUT2D eigenvalue weighted by Gasteiger charge is -2.12. The predicted molar refractivity (Wildman–Crippen MR) is 71.0 cm³/mol. The van der Waals surface area contributed by atoms with Crippen LogP contribution in [0.25, 0.3) is 0 Å². The van der Waals surface area contributed by atoms with Gasteiger partial charge in [0, 0.05) is 19.3 Å². The van der Waals surface area contributed by atoms with Crippen molar-refractivity contribution in [3.05, 3.63) is 23.8 Å². The highest BCUT2D eigenvalue weighted by molar-refractivity contribution is 7.90. The summed E-state index contributed by atoms with van der Waals surface area (Å²) >= 11 is 0.